The molecule has 2 heterocycles. The van der Waals surface area contributed by atoms with E-state index in [9.17, 15) is 18.0 Å². The molecule has 35 heavy (non-hydrogen) atoms. The Morgan fingerprint density at radius 2 is 1.71 bits per heavy atom. The van der Waals surface area contributed by atoms with Crippen molar-refractivity contribution in [1.29, 1.82) is 0 Å². The Bertz CT molecular complexity index is 1390. The highest BCUT2D eigenvalue weighted by Crippen LogP contribution is 2.33. The summed E-state index contributed by atoms with van der Waals surface area (Å²) in [5.41, 5.74) is 2.56. The molecule has 2 aliphatic heterocycles. The molecule has 7 nitrogen and oxygen atoms in total. The van der Waals surface area contributed by atoms with Crippen molar-refractivity contribution in [3.63, 3.8) is 0 Å². The third-order valence-electron chi connectivity index (χ3n) is 6.82. The Labute approximate surface area is 204 Å². The number of carbonyl (C=O) groups is 2. The molecular formula is C27H26N2O5S. The van der Waals surface area contributed by atoms with Crippen LogP contribution in [0.15, 0.2) is 77.7 Å². The molecule has 1 fully saturated rings. The zero-order chi connectivity index (χ0) is 24.6. The first-order valence-corrected chi connectivity index (χ1v) is 13.0. The standard InChI is InChI=1S/C27H26N2O5S/c1-27(26(31)28-35(32,33)23-11-12-24-22(18-23)13-16-34-24)14-15-29(27)25(30)17-19-7-9-21(10-8-19)20-5-3-2-4-6-20/h2-12,18H,13-17H2,1H3,(H,28,31). The summed E-state index contributed by atoms with van der Waals surface area (Å²) in [4.78, 5) is 27.5. The van der Waals surface area contributed by atoms with E-state index in [4.69, 9.17) is 4.74 Å². The van der Waals surface area contributed by atoms with Crippen molar-refractivity contribution >= 4 is 21.8 Å². The first kappa shape index (κ1) is 23.1. The van der Waals surface area contributed by atoms with Crippen molar-refractivity contribution in [2.45, 2.75) is 36.6 Å². The van der Waals surface area contributed by atoms with Crippen LogP contribution in [-0.2, 0) is 32.5 Å². The number of nitrogens with zero attached hydrogens (tertiary/aromatic N) is 1. The van der Waals surface area contributed by atoms with E-state index in [0.717, 1.165) is 22.3 Å². The molecule has 1 N–H and O–H groups in total. The molecule has 1 saturated heterocycles. The molecule has 2 aliphatic rings. The van der Waals surface area contributed by atoms with Crippen molar-refractivity contribution in [2.24, 2.45) is 0 Å². The smallest absolute Gasteiger partial charge is 0.264 e. The molecule has 1 unspecified atom stereocenters. The van der Waals surface area contributed by atoms with Gasteiger partial charge in [-0.3, -0.25) is 9.59 Å². The quantitative estimate of drug-likeness (QED) is 0.572. The number of likely N-dealkylation sites (tertiary alicyclic amines) is 1. The molecule has 5 rings (SSSR count). The molecule has 180 valence electrons. The third kappa shape index (κ3) is 4.41. The van der Waals surface area contributed by atoms with Gasteiger partial charge in [-0.25, -0.2) is 13.1 Å². The van der Waals surface area contributed by atoms with Gasteiger partial charge < -0.3 is 9.64 Å². The van der Waals surface area contributed by atoms with E-state index in [1.54, 1.807) is 13.0 Å². The van der Waals surface area contributed by atoms with Crippen LogP contribution in [-0.4, -0.2) is 43.8 Å². The van der Waals surface area contributed by atoms with Gasteiger partial charge in [0.2, 0.25) is 5.91 Å². The van der Waals surface area contributed by atoms with Crippen molar-refractivity contribution < 1.29 is 22.7 Å². The lowest BCUT2D eigenvalue weighted by molar-refractivity contribution is -0.156. The van der Waals surface area contributed by atoms with Gasteiger partial charge in [0.05, 0.1) is 17.9 Å². The fourth-order valence-corrected chi connectivity index (χ4v) is 5.66. The molecule has 0 saturated carbocycles. The number of carbonyl (C=O) groups excluding carboxylic acids is 2. The van der Waals surface area contributed by atoms with Crippen LogP contribution < -0.4 is 9.46 Å². The maximum absolute atomic E-state index is 13.0. The van der Waals surface area contributed by atoms with E-state index < -0.39 is 21.5 Å². The predicted molar refractivity (Wildman–Crippen MR) is 131 cm³/mol. The molecule has 0 aromatic heterocycles. The lowest BCUT2D eigenvalue weighted by Gasteiger charge is -2.49. The monoisotopic (exact) mass is 490 g/mol. The number of fused-ring (bicyclic) bond motifs is 1. The van der Waals surface area contributed by atoms with Crippen molar-refractivity contribution in [3.8, 4) is 16.9 Å². The van der Waals surface area contributed by atoms with Crippen LogP contribution in [0.25, 0.3) is 11.1 Å². The van der Waals surface area contributed by atoms with Gasteiger partial charge in [0.25, 0.3) is 15.9 Å². The molecule has 8 heteroatoms. The van der Waals surface area contributed by atoms with Gasteiger partial charge in [-0.05, 0) is 53.8 Å². The second-order valence-corrected chi connectivity index (χ2v) is 10.8. The molecule has 0 radical (unpaired) electrons. The number of sulfonamides is 1. The van der Waals surface area contributed by atoms with Gasteiger partial charge in [-0.2, -0.15) is 0 Å². The number of amides is 2. The average molecular weight is 491 g/mol. The summed E-state index contributed by atoms with van der Waals surface area (Å²) in [7, 11) is -4.07. The summed E-state index contributed by atoms with van der Waals surface area (Å²) in [6.45, 7) is 2.52. The van der Waals surface area contributed by atoms with Crippen LogP contribution in [0.2, 0.25) is 0 Å². The molecule has 1 atom stereocenters. The Balaban J connectivity index is 1.25. The highest BCUT2D eigenvalue weighted by Gasteiger charge is 2.50. The minimum absolute atomic E-state index is 0.00871. The topological polar surface area (TPSA) is 92.8 Å². The van der Waals surface area contributed by atoms with E-state index in [1.807, 2.05) is 54.6 Å². The zero-order valence-electron chi connectivity index (χ0n) is 19.4. The van der Waals surface area contributed by atoms with Crippen molar-refractivity contribution in [2.75, 3.05) is 13.2 Å². The number of ether oxygens (including phenoxy) is 1. The second-order valence-electron chi connectivity index (χ2n) is 9.11. The fraction of sp³-hybridized carbons (Fsp3) is 0.259. The summed E-state index contributed by atoms with van der Waals surface area (Å²) < 4.78 is 33.3. The molecule has 2 amide bonds. The maximum atomic E-state index is 13.0. The number of nitrogens with one attached hydrogen (secondary N) is 1. The van der Waals surface area contributed by atoms with Gasteiger partial charge >= 0.3 is 0 Å². The predicted octanol–water partition coefficient (Wildman–Crippen LogP) is 3.33. The Kier molecular flexibility index (Phi) is 5.84. The van der Waals surface area contributed by atoms with E-state index in [0.29, 0.717) is 31.7 Å². The average Bonchev–Trinajstić information content (AvgIpc) is 3.31. The van der Waals surface area contributed by atoms with E-state index in [1.165, 1.54) is 17.0 Å². The summed E-state index contributed by atoms with van der Waals surface area (Å²) in [6, 6.07) is 22.2. The van der Waals surface area contributed by atoms with Crippen LogP contribution in [0.5, 0.6) is 5.75 Å². The van der Waals surface area contributed by atoms with Crippen molar-refractivity contribution in [3.05, 3.63) is 83.9 Å². The summed E-state index contributed by atoms with van der Waals surface area (Å²) >= 11 is 0. The lowest BCUT2D eigenvalue weighted by atomic mass is 9.85. The van der Waals surface area contributed by atoms with Crippen LogP contribution >= 0.6 is 0 Å². The maximum Gasteiger partial charge on any atom is 0.264 e. The van der Waals surface area contributed by atoms with Gasteiger partial charge in [0.15, 0.2) is 0 Å². The Morgan fingerprint density at radius 1 is 1.00 bits per heavy atom. The summed E-state index contributed by atoms with van der Waals surface area (Å²) in [6.07, 6.45) is 1.15. The van der Waals surface area contributed by atoms with Gasteiger partial charge in [0.1, 0.15) is 11.3 Å². The summed E-state index contributed by atoms with van der Waals surface area (Å²) in [5.74, 6) is -0.253. The van der Waals surface area contributed by atoms with Crippen molar-refractivity contribution in [1.82, 2.24) is 9.62 Å². The van der Waals surface area contributed by atoms with Gasteiger partial charge in [0, 0.05) is 13.0 Å². The minimum atomic E-state index is -4.07. The third-order valence-corrected chi connectivity index (χ3v) is 8.15. The second kappa shape index (κ2) is 8.85. The molecule has 0 spiro atoms. The SMILES string of the molecule is CC1(C(=O)NS(=O)(=O)c2ccc3c(c2)CCO3)CCN1C(=O)Cc1ccc(-c2ccccc2)cc1. The highest BCUT2D eigenvalue weighted by atomic mass is 32.2. The molecule has 0 aliphatic carbocycles. The summed E-state index contributed by atoms with van der Waals surface area (Å²) in [5, 5.41) is 0. The molecule has 0 bridgehead atoms. The molecular weight excluding hydrogens is 464 g/mol. The van der Waals surface area contributed by atoms with Crippen LogP contribution in [0.3, 0.4) is 0 Å². The first-order chi connectivity index (χ1) is 16.8. The number of benzene rings is 3. The number of hydrogen-bond acceptors (Lipinski definition) is 5. The Morgan fingerprint density at radius 3 is 2.40 bits per heavy atom. The van der Waals surface area contributed by atoms with E-state index in [-0.39, 0.29) is 17.2 Å². The van der Waals surface area contributed by atoms with E-state index in [2.05, 4.69) is 4.72 Å². The normalized spacial score (nSPS) is 18.8. The van der Waals surface area contributed by atoms with E-state index >= 15 is 0 Å². The van der Waals surface area contributed by atoms with Gasteiger partial charge in [-0.1, -0.05) is 54.6 Å². The molecule has 3 aromatic carbocycles. The van der Waals surface area contributed by atoms with Crippen LogP contribution in [0.1, 0.15) is 24.5 Å². The number of rotatable bonds is 6. The fourth-order valence-electron chi connectivity index (χ4n) is 4.53. The van der Waals surface area contributed by atoms with Gasteiger partial charge in [-0.15, -0.1) is 0 Å². The molecule has 3 aromatic rings. The first-order valence-electron chi connectivity index (χ1n) is 11.5. The largest absolute Gasteiger partial charge is 0.493 e. The van der Waals surface area contributed by atoms with Crippen LogP contribution in [0, 0.1) is 0 Å². The Hall–Kier alpha value is -3.65. The number of hydrogen-bond donors (Lipinski definition) is 1. The highest BCUT2D eigenvalue weighted by molar-refractivity contribution is 7.90. The lowest BCUT2D eigenvalue weighted by Crippen LogP contribution is -2.68. The zero-order valence-corrected chi connectivity index (χ0v) is 20.2. The van der Waals surface area contributed by atoms with Crippen LogP contribution in [0.4, 0.5) is 0 Å². The minimum Gasteiger partial charge on any atom is -0.493 e.